The van der Waals surface area contributed by atoms with Gasteiger partial charge in [-0.1, -0.05) is 29.3 Å². The lowest BCUT2D eigenvalue weighted by molar-refractivity contribution is -0.119. The number of para-hydroxylation sites is 1. The summed E-state index contributed by atoms with van der Waals surface area (Å²) in [7, 11) is 0. The second kappa shape index (κ2) is 7.40. The van der Waals surface area contributed by atoms with Gasteiger partial charge in [0.25, 0.3) is 12.9 Å². The zero-order chi connectivity index (χ0) is 18.0. The van der Waals surface area contributed by atoms with E-state index in [9.17, 15) is 22.4 Å². The predicted octanol–water partition coefficient (Wildman–Crippen LogP) is 5.26. The number of aromatic nitrogens is 2. The number of anilines is 1. The van der Waals surface area contributed by atoms with Crippen LogP contribution in [0.2, 0.25) is 10.0 Å². The summed E-state index contributed by atoms with van der Waals surface area (Å²) in [5.74, 6) is -0.782. The lowest BCUT2D eigenvalue weighted by Crippen LogP contribution is -2.26. The first kappa shape index (κ1) is 18.5. The van der Waals surface area contributed by atoms with Crippen LogP contribution in [0.15, 0.2) is 24.3 Å². The van der Waals surface area contributed by atoms with E-state index in [0.717, 1.165) is 0 Å². The minimum atomic E-state index is -3.07. The summed E-state index contributed by atoms with van der Waals surface area (Å²) in [5, 5.41) is 6.07. The monoisotopic (exact) mass is 383 g/mol. The predicted molar refractivity (Wildman–Crippen MR) is 81.9 cm³/mol. The molecular weight excluding hydrogens is 373 g/mol. The van der Waals surface area contributed by atoms with Gasteiger partial charge in [0.1, 0.15) is 17.4 Å². The van der Waals surface area contributed by atoms with E-state index in [1.165, 1.54) is 19.1 Å². The molecule has 1 amide bonds. The number of benzene rings is 1. The highest BCUT2D eigenvalue weighted by atomic mass is 35.5. The fraction of sp³-hybridized carbons (Fsp3) is 0.286. The van der Waals surface area contributed by atoms with Crippen molar-refractivity contribution in [2.75, 3.05) is 5.32 Å². The summed E-state index contributed by atoms with van der Waals surface area (Å²) < 4.78 is 51.9. The van der Waals surface area contributed by atoms with Gasteiger partial charge in [0.2, 0.25) is 5.91 Å². The number of alkyl halides is 4. The Balaban J connectivity index is 2.31. The van der Waals surface area contributed by atoms with Crippen LogP contribution in [0.5, 0.6) is 0 Å². The molecule has 0 aliphatic carbocycles. The van der Waals surface area contributed by atoms with Crippen LogP contribution in [-0.2, 0) is 4.79 Å². The topological polar surface area (TPSA) is 46.9 Å². The molecule has 10 heteroatoms. The molecule has 0 fully saturated rings. The maximum Gasteiger partial charge on any atom is 0.282 e. The molecule has 0 spiro atoms. The van der Waals surface area contributed by atoms with Gasteiger partial charge >= 0.3 is 0 Å². The van der Waals surface area contributed by atoms with Crippen molar-refractivity contribution in [2.45, 2.75) is 25.8 Å². The van der Waals surface area contributed by atoms with E-state index >= 15 is 0 Å². The van der Waals surface area contributed by atoms with E-state index in [2.05, 4.69) is 10.4 Å². The van der Waals surface area contributed by atoms with Gasteiger partial charge in [-0.3, -0.25) is 9.48 Å². The van der Waals surface area contributed by atoms with Crippen molar-refractivity contribution in [3.8, 4) is 0 Å². The quantitative estimate of drug-likeness (QED) is 0.715. The molecule has 0 bridgehead atoms. The highest BCUT2D eigenvalue weighted by Gasteiger charge is 2.27. The third-order valence-electron chi connectivity index (χ3n) is 3.19. The van der Waals surface area contributed by atoms with Gasteiger partial charge < -0.3 is 5.32 Å². The van der Waals surface area contributed by atoms with Gasteiger partial charge in [0.15, 0.2) is 0 Å². The zero-order valence-electron chi connectivity index (χ0n) is 12.1. The molecule has 0 radical (unpaired) electrons. The lowest BCUT2D eigenvalue weighted by atomic mass is 10.2. The Morgan fingerprint density at radius 3 is 2.25 bits per heavy atom. The summed E-state index contributed by atoms with van der Waals surface area (Å²) >= 11 is 11.8. The molecule has 2 aromatic rings. The number of carbonyl (C=O) groups is 1. The van der Waals surface area contributed by atoms with E-state index in [0.29, 0.717) is 10.7 Å². The van der Waals surface area contributed by atoms with E-state index in [1.54, 1.807) is 6.07 Å². The summed E-state index contributed by atoms with van der Waals surface area (Å²) in [6.45, 7) is 1.24. The molecule has 1 N–H and O–H groups in total. The molecule has 1 aromatic heterocycles. The first-order chi connectivity index (χ1) is 11.2. The second-order valence-corrected chi connectivity index (χ2v) is 5.62. The molecule has 130 valence electrons. The Labute approximate surface area is 144 Å². The van der Waals surface area contributed by atoms with Crippen LogP contribution in [0.1, 0.15) is 37.2 Å². The SMILES string of the molecule is CC(C(=O)Nc1c(Cl)cccc1Cl)n1nc(C(F)F)cc1C(F)F. The molecule has 1 atom stereocenters. The van der Waals surface area contributed by atoms with Crippen LogP contribution in [0.4, 0.5) is 23.2 Å². The molecule has 0 aliphatic rings. The number of nitrogens with zero attached hydrogens (tertiary/aromatic N) is 2. The minimum Gasteiger partial charge on any atom is -0.322 e. The van der Waals surface area contributed by atoms with E-state index in [-0.39, 0.29) is 15.7 Å². The third kappa shape index (κ3) is 3.81. The standard InChI is InChI=1S/C14H11Cl2F4N3O/c1-6(14(24)21-11-7(15)3-2-4-8(11)16)23-10(13(19)20)5-9(22-23)12(17)18/h2-6,12-13H,1H3,(H,21,24). The van der Waals surface area contributed by atoms with Gasteiger partial charge in [0.05, 0.1) is 15.7 Å². The number of hydrogen-bond donors (Lipinski definition) is 1. The smallest absolute Gasteiger partial charge is 0.282 e. The number of carbonyl (C=O) groups excluding carboxylic acids is 1. The number of hydrogen-bond acceptors (Lipinski definition) is 2. The number of halogens is 6. The largest absolute Gasteiger partial charge is 0.322 e. The maximum atomic E-state index is 13.0. The van der Waals surface area contributed by atoms with Gasteiger partial charge in [-0.15, -0.1) is 0 Å². The molecule has 1 aromatic carbocycles. The lowest BCUT2D eigenvalue weighted by Gasteiger charge is -2.16. The fourth-order valence-electron chi connectivity index (χ4n) is 1.96. The van der Waals surface area contributed by atoms with Gasteiger partial charge in [-0.25, -0.2) is 17.6 Å². The van der Waals surface area contributed by atoms with E-state index in [4.69, 9.17) is 23.2 Å². The van der Waals surface area contributed by atoms with Crippen molar-refractivity contribution in [3.63, 3.8) is 0 Å². The normalized spacial score (nSPS) is 12.7. The van der Waals surface area contributed by atoms with Crippen molar-refractivity contribution in [3.05, 3.63) is 45.7 Å². The number of amides is 1. The average Bonchev–Trinajstić information content (AvgIpc) is 2.95. The van der Waals surface area contributed by atoms with Crippen molar-refractivity contribution in [1.29, 1.82) is 0 Å². The van der Waals surface area contributed by atoms with Crippen LogP contribution in [0.3, 0.4) is 0 Å². The number of nitrogens with one attached hydrogen (secondary N) is 1. The van der Waals surface area contributed by atoms with Crippen molar-refractivity contribution in [2.24, 2.45) is 0 Å². The first-order valence-electron chi connectivity index (χ1n) is 6.63. The molecule has 0 aliphatic heterocycles. The van der Waals surface area contributed by atoms with Crippen LogP contribution in [0, 0.1) is 0 Å². The van der Waals surface area contributed by atoms with Crippen LogP contribution >= 0.6 is 23.2 Å². The summed E-state index contributed by atoms with van der Waals surface area (Å²) in [6, 6.07) is 3.79. The van der Waals surface area contributed by atoms with E-state index < -0.39 is 36.2 Å². The van der Waals surface area contributed by atoms with Crippen LogP contribution < -0.4 is 5.32 Å². The Bertz CT molecular complexity index is 731. The Kier molecular flexibility index (Phi) is 5.71. The number of rotatable bonds is 5. The molecule has 2 rings (SSSR count). The third-order valence-corrected chi connectivity index (χ3v) is 3.82. The Morgan fingerprint density at radius 1 is 1.17 bits per heavy atom. The Morgan fingerprint density at radius 2 is 1.75 bits per heavy atom. The average molecular weight is 384 g/mol. The fourth-order valence-corrected chi connectivity index (χ4v) is 2.46. The highest BCUT2D eigenvalue weighted by Crippen LogP contribution is 2.31. The Hall–Kier alpha value is -1.80. The summed E-state index contributed by atoms with van der Waals surface area (Å²) in [5.41, 5.74) is -1.52. The van der Waals surface area contributed by atoms with Crippen molar-refractivity contribution in [1.82, 2.24) is 9.78 Å². The van der Waals surface area contributed by atoms with Gasteiger partial charge in [-0.2, -0.15) is 5.10 Å². The molecule has 0 saturated carbocycles. The van der Waals surface area contributed by atoms with Crippen molar-refractivity contribution >= 4 is 34.8 Å². The van der Waals surface area contributed by atoms with Gasteiger partial charge in [0, 0.05) is 0 Å². The highest BCUT2D eigenvalue weighted by molar-refractivity contribution is 6.39. The van der Waals surface area contributed by atoms with Crippen molar-refractivity contribution < 1.29 is 22.4 Å². The molecular formula is C14H11Cl2F4N3O. The van der Waals surface area contributed by atoms with Gasteiger partial charge in [-0.05, 0) is 25.1 Å². The molecule has 24 heavy (non-hydrogen) atoms. The molecule has 1 unspecified atom stereocenters. The van der Waals surface area contributed by atoms with Crippen LogP contribution in [0.25, 0.3) is 0 Å². The maximum absolute atomic E-state index is 13.0. The molecule has 1 heterocycles. The van der Waals surface area contributed by atoms with E-state index in [1.807, 2.05) is 0 Å². The summed E-state index contributed by atoms with van der Waals surface area (Å²) in [6.07, 6.45) is -6.10. The summed E-state index contributed by atoms with van der Waals surface area (Å²) in [4.78, 5) is 12.2. The molecule has 0 saturated heterocycles. The minimum absolute atomic E-state index is 0.0949. The zero-order valence-corrected chi connectivity index (χ0v) is 13.6. The van der Waals surface area contributed by atoms with Crippen LogP contribution in [-0.4, -0.2) is 15.7 Å². The second-order valence-electron chi connectivity index (χ2n) is 4.80. The first-order valence-corrected chi connectivity index (χ1v) is 7.38. The molecule has 4 nitrogen and oxygen atoms in total.